The molecule has 0 fully saturated rings. The van der Waals surface area contributed by atoms with Crippen LogP contribution in [0.2, 0.25) is 0 Å². The Bertz CT molecular complexity index is 4100. The fraction of sp³-hybridized carbons (Fsp3) is 0.442. The summed E-state index contributed by atoms with van der Waals surface area (Å²) in [6, 6.07) is 40.8. The van der Waals surface area contributed by atoms with Crippen LogP contribution in [0.4, 0.5) is 8.78 Å². The van der Waals surface area contributed by atoms with Gasteiger partial charge in [0.05, 0.1) is 0 Å². The molecule has 1 radical (unpaired) electrons. The van der Waals surface area contributed by atoms with Crippen LogP contribution in [0.5, 0.6) is 23.0 Å². The summed E-state index contributed by atoms with van der Waals surface area (Å²) in [5.74, 6) is -0.717. The van der Waals surface area contributed by atoms with Gasteiger partial charge in [0.2, 0.25) is 0 Å². The van der Waals surface area contributed by atoms with Crippen molar-refractivity contribution in [3.63, 3.8) is 0 Å². The van der Waals surface area contributed by atoms with Gasteiger partial charge in [-0.25, -0.2) is 8.78 Å². The first-order valence-electron chi connectivity index (χ1n) is 34.0. The predicted molar refractivity (Wildman–Crippen MR) is 395 cm³/mol. The van der Waals surface area contributed by atoms with E-state index in [1.807, 2.05) is 12.1 Å². The summed E-state index contributed by atoms with van der Waals surface area (Å²) in [4.78, 5) is 0. The molecule has 0 saturated heterocycles. The maximum Gasteiger partial charge on any atom is 0.126 e. The number of fused-ring (bicyclic) bond motifs is 6. The minimum Gasteiger partial charge on any atom is -0.507 e. The molecule has 503 valence electrons. The maximum atomic E-state index is 14.8. The van der Waals surface area contributed by atoms with E-state index in [0.29, 0.717) is 59.3 Å². The van der Waals surface area contributed by atoms with Crippen molar-refractivity contribution in [3.05, 3.63) is 189 Å². The number of aromatic hydroxyl groups is 4. The second-order valence-corrected chi connectivity index (χ2v) is 35.3. The molecule has 0 atom stereocenters. The van der Waals surface area contributed by atoms with Crippen molar-refractivity contribution in [2.24, 2.45) is 10.8 Å². The van der Waals surface area contributed by atoms with Crippen LogP contribution < -0.4 is 0 Å². The van der Waals surface area contributed by atoms with E-state index in [1.165, 1.54) is 90.1 Å². The molecular weight excluding hydrogens is 1210 g/mol. The number of halogens is 2. The molecule has 0 spiro atoms. The topological polar surface area (TPSA) is 90.8 Å². The zero-order valence-corrected chi connectivity index (χ0v) is 63.6. The van der Waals surface area contributed by atoms with E-state index in [1.54, 1.807) is 13.8 Å². The van der Waals surface area contributed by atoms with Crippen LogP contribution in [0.3, 0.4) is 0 Å². The van der Waals surface area contributed by atoms with Gasteiger partial charge in [-0.1, -0.05) is 213 Å². The normalized spacial score (nSPS) is 13.1. The summed E-state index contributed by atoms with van der Waals surface area (Å²) in [7, 11) is 0. The molecule has 0 saturated carbocycles. The number of rotatable bonds is 12. The van der Waals surface area contributed by atoms with Crippen molar-refractivity contribution in [2.45, 2.75) is 237 Å². The third kappa shape index (κ3) is 16.0. The minimum atomic E-state index is -0.440. The summed E-state index contributed by atoms with van der Waals surface area (Å²) in [6.45, 7) is 53.9. The second-order valence-electron chi connectivity index (χ2n) is 35.3. The van der Waals surface area contributed by atoms with E-state index < -0.39 is 11.6 Å². The van der Waals surface area contributed by atoms with Gasteiger partial charge >= 0.3 is 0 Å². The van der Waals surface area contributed by atoms with Crippen LogP contribution in [-0.2, 0) is 84.3 Å². The van der Waals surface area contributed by atoms with Gasteiger partial charge in [-0.3, -0.25) is 0 Å². The first kappa shape index (κ1) is 74.1. The van der Waals surface area contributed by atoms with Gasteiger partial charge in [-0.15, -0.1) is 0 Å². The number of phenols is 4. The Morgan fingerprint density at radius 3 is 0.811 bits per heavy atom. The Morgan fingerprint density at radius 2 is 0.568 bits per heavy atom. The average Bonchev–Trinajstić information content (AvgIpc) is 1.64. The monoisotopic (exact) mass is 1320 g/mol. The molecule has 0 bridgehead atoms. The van der Waals surface area contributed by atoms with Gasteiger partial charge in [0.15, 0.2) is 0 Å². The maximum absolute atomic E-state index is 14.8. The average molecular weight is 1320 g/mol. The van der Waals surface area contributed by atoms with Crippen LogP contribution in [-0.4, -0.2) is 29.6 Å². The number of aryl methyl sites for hydroxylation is 6. The Labute approximate surface area is 586 Å². The summed E-state index contributed by atoms with van der Waals surface area (Å²) < 4.78 is 34.3. The van der Waals surface area contributed by atoms with Crippen LogP contribution in [0, 0.1) is 36.3 Å². The van der Waals surface area contributed by atoms with E-state index in [-0.39, 0.29) is 92.2 Å². The van der Waals surface area contributed by atoms with Crippen molar-refractivity contribution in [3.8, 4) is 45.3 Å². The van der Waals surface area contributed by atoms with Gasteiger partial charge in [0, 0.05) is 105 Å². The van der Waals surface area contributed by atoms with Crippen molar-refractivity contribution >= 4 is 43.6 Å². The van der Waals surface area contributed by atoms with E-state index in [9.17, 15) is 29.2 Å². The van der Waals surface area contributed by atoms with Crippen molar-refractivity contribution in [1.29, 1.82) is 0 Å². The Hall–Kier alpha value is -6.71. The second kappa shape index (κ2) is 26.3. The fourth-order valence-electron chi connectivity index (χ4n) is 14.7. The Balaban J connectivity index is 0.000000241. The molecule has 10 aromatic rings. The largest absolute Gasteiger partial charge is 0.507 e. The van der Waals surface area contributed by atoms with Crippen LogP contribution >= 0.6 is 0 Å². The van der Waals surface area contributed by atoms with Crippen LogP contribution in [0.1, 0.15) is 221 Å². The molecule has 0 amide bonds. The summed E-state index contributed by atoms with van der Waals surface area (Å²) in [5.41, 5.74) is 15.6. The molecule has 0 unspecified atom stereocenters. The molecule has 0 aliphatic heterocycles. The van der Waals surface area contributed by atoms with Crippen molar-refractivity contribution in [1.82, 2.24) is 9.13 Å². The molecule has 95 heavy (non-hydrogen) atoms. The zero-order valence-electron chi connectivity index (χ0n) is 61.8. The summed E-state index contributed by atoms with van der Waals surface area (Å²) >= 11 is 0. The fourth-order valence-corrected chi connectivity index (χ4v) is 14.7. The molecular formula is C86H108F2N2O4Sc. The van der Waals surface area contributed by atoms with E-state index in [0.717, 1.165) is 35.1 Å². The molecule has 2 heterocycles. The molecule has 2 aromatic heterocycles. The van der Waals surface area contributed by atoms with Crippen LogP contribution in [0.15, 0.2) is 121 Å². The number of hydrogen-bond donors (Lipinski definition) is 4. The Morgan fingerprint density at radius 1 is 0.316 bits per heavy atom. The number of phenolic OH excluding ortho intramolecular Hbond substituents is 4. The zero-order chi connectivity index (χ0) is 69.7. The van der Waals surface area contributed by atoms with Crippen molar-refractivity contribution in [2.75, 3.05) is 0 Å². The van der Waals surface area contributed by atoms with E-state index in [4.69, 9.17) is 0 Å². The van der Waals surface area contributed by atoms with Crippen LogP contribution in [0.25, 0.3) is 65.9 Å². The standard InChI is InChI=1S/2C43H54FNO2.Sc/c2*1-26-19-31(44)24-35(38(26)46)34-21-30(43(11,12)25-40(2,3)4)20-27(39(34)47)17-18-45-36-22-28(41(5,6)7)13-15-32(36)33-16-14-29(23-37(33)45)42(8,9)10;/h2*13-16,19-24,46-47H,17-18,25H2,1-12H3;. The summed E-state index contributed by atoms with van der Waals surface area (Å²) in [5, 5.41) is 50.8. The molecule has 10 rings (SSSR count). The quantitative estimate of drug-likeness (QED) is 0.0981. The van der Waals surface area contributed by atoms with Gasteiger partial charge in [-0.05, 0) is 199 Å². The number of hydrogen-bond acceptors (Lipinski definition) is 4. The molecule has 4 N–H and O–H groups in total. The molecule has 6 nitrogen and oxygen atoms in total. The molecule has 8 aromatic carbocycles. The number of benzene rings is 8. The third-order valence-electron chi connectivity index (χ3n) is 19.4. The Kier molecular flexibility index (Phi) is 20.5. The molecule has 0 aliphatic rings. The van der Waals surface area contributed by atoms with E-state index in [2.05, 4.69) is 246 Å². The first-order valence-corrected chi connectivity index (χ1v) is 34.0. The molecule has 0 aliphatic carbocycles. The minimum absolute atomic E-state index is 0. The van der Waals surface area contributed by atoms with Gasteiger partial charge in [0.25, 0.3) is 0 Å². The van der Waals surface area contributed by atoms with Gasteiger partial charge in [-0.2, -0.15) is 0 Å². The first-order chi connectivity index (χ1) is 43.1. The van der Waals surface area contributed by atoms with E-state index >= 15 is 0 Å². The molecule has 9 heteroatoms. The predicted octanol–water partition coefficient (Wildman–Crippen LogP) is 23.7. The summed E-state index contributed by atoms with van der Waals surface area (Å²) in [6.07, 6.45) is 2.95. The number of aromatic nitrogens is 2. The smallest absolute Gasteiger partial charge is 0.126 e. The number of nitrogens with zero attached hydrogens (tertiary/aromatic N) is 2. The SMILES string of the molecule is Cc1cc(F)cc(-c2cc(C(C)(C)CC(C)(C)C)cc(CCn3c4cc(C(C)(C)C)ccc4c4ccc(C(C)(C)C)cc43)c2O)c1O.Cc1cc(F)cc(-c2cc(C(C)(C)CC(C)(C)C)cc(CCn3c4cc(C(C)(C)C)ccc4c4ccc(C(C)(C)C)cc43)c2O)c1O.[Sc]. The van der Waals surface area contributed by atoms with Gasteiger partial charge < -0.3 is 29.6 Å². The third-order valence-corrected chi connectivity index (χ3v) is 19.4. The van der Waals surface area contributed by atoms with Crippen molar-refractivity contribution < 1.29 is 55.1 Å². The van der Waals surface area contributed by atoms with Gasteiger partial charge in [0.1, 0.15) is 34.6 Å².